The number of sulfone groups is 1. The van der Waals surface area contributed by atoms with Crippen LogP contribution in [0, 0.1) is 5.82 Å². The first kappa shape index (κ1) is 21.0. The summed E-state index contributed by atoms with van der Waals surface area (Å²) in [5.41, 5.74) is 0.438. The van der Waals surface area contributed by atoms with Gasteiger partial charge in [-0.3, -0.25) is 9.69 Å². The van der Waals surface area contributed by atoms with Gasteiger partial charge in [0.25, 0.3) is 5.91 Å². The number of rotatable bonds is 5. The van der Waals surface area contributed by atoms with E-state index in [0.29, 0.717) is 43.3 Å². The molecule has 1 amide bonds. The van der Waals surface area contributed by atoms with E-state index < -0.39 is 9.84 Å². The van der Waals surface area contributed by atoms with Crippen molar-refractivity contribution < 1.29 is 17.6 Å². The van der Waals surface area contributed by atoms with E-state index in [-0.39, 0.29) is 27.4 Å². The third kappa shape index (κ3) is 5.03. The van der Waals surface area contributed by atoms with Crippen molar-refractivity contribution in [2.75, 3.05) is 38.5 Å². The summed E-state index contributed by atoms with van der Waals surface area (Å²) in [5.74, 6) is -0.626. The smallest absolute Gasteiger partial charge is 0.253 e. The lowest BCUT2D eigenvalue weighted by Crippen LogP contribution is -2.49. The maximum atomic E-state index is 13.0. The predicted molar refractivity (Wildman–Crippen MR) is 107 cm³/mol. The van der Waals surface area contributed by atoms with E-state index in [4.69, 9.17) is 23.2 Å². The number of halogens is 3. The van der Waals surface area contributed by atoms with Crippen molar-refractivity contribution in [3.8, 4) is 0 Å². The molecule has 0 radical (unpaired) electrons. The van der Waals surface area contributed by atoms with E-state index in [2.05, 4.69) is 0 Å². The summed E-state index contributed by atoms with van der Waals surface area (Å²) in [5, 5.41) is 0.468. The van der Waals surface area contributed by atoms with E-state index in [9.17, 15) is 17.6 Å². The molecule has 3 rings (SSSR count). The van der Waals surface area contributed by atoms with Gasteiger partial charge >= 0.3 is 0 Å². The molecule has 9 heteroatoms. The Kier molecular flexibility index (Phi) is 6.60. The van der Waals surface area contributed by atoms with E-state index in [1.54, 1.807) is 11.0 Å². The Hall–Kier alpha value is -1.67. The highest BCUT2D eigenvalue weighted by molar-refractivity contribution is 7.91. The van der Waals surface area contributed by atoms with Gasteiger partial charge in [-0.25, -0.2) is 12.8 Å². The Balaban J connectivity index is 1.55. The number of hydrogen-bond acceptors (Lipinski definition) is 4. The molecule has 0 unspecified atom stereocenters. The summed E-state index contributed by atoms with van der Waals surface area (Å²) in [6, 6.07) is 9.82. The Morgan fingerprint density at radius 3 is 2.29 bits per heavy atom. The largest absolute Gasteiger partial charge is 0.336 e. The fraction of sp³-hybridized carbons (Fsp3) is 0.316. The van der Waals surface area contributed by atoms with Gasteiger partial charge in [-0.15, -0.1) is 0 Å². The second-order valence-corrected chi connectivity index (χ2v) is 9.46. The number of amides is 1. The fourth-order valence-electron chi connectivity index (χ4n) is 3.02. The van der Waals surface area contributed by atoms with Crippen LogP contribution >= 0.6 is 23.2 Å². The predicted octanol–water partition coefficient (Wildman–Crippen LogP) is 3.36. The van der Waals surface area contributed by atoms with Crippen molar-refractivity contribution >= 4 is 38.9 Å². The van der Waals surface area contributed by atoms with Crippen LogP contribution in [0.25, 0.3) is 0 Å². The number of hydrogen-bond donors (Lipinski definition) is 0. The quantitative estimate of drug-likeness (QED) is 0.709. The summed E-state index contributed by atoms with van der Waals surface area (Å²) in [7, 11) is -3.56. The van der Waals surface area contributed by atoms with Gasteiger partial charge in [-0.2, -0.15) is 0 Å². The fourth-order valence-corrected chi connectivity index (χ4v) is 5.12. The van der Waals surface area contributed by atoms with Gasteiger partial charge in [0.1, 0.15) is 5.82 Å². The molecule has 2 aromatic rings. The van der Waals surface area contributed by atoms with Crippen LogP contribution in [0.15, 0.2) is 47.4 Å². The number of carbonyl (C=O) groups excluding carboxylic acids is 1. The molecule has 0 atom stereocenters. The summed E-state index contributed by atoms with van der Waals surface area (Å²) in [4.78, 5) is 16.2. The van der Waals surface area contributed by atoms with Crippen LogP contribution in [-0.4, -0.2) is 62.6 Å². The van der Waals surface area contributed by atoms with Gasteiger partial charge in [0.15, 0.2) is 9.84 Å². The molecule has 0 bridgehead atoms. The zero-order valence-electron chi connectivity index (χ0n) is 14.9. The molecule has 0 aromatic heterocycles. The number of piperazine rings is 1. The minimum atomic E-state index is -3.56. The lowest BCUT2D eigenvalue weighted by molar-refractivity contribution is 0.0644. The lowest BCUT2D eigenvalue weighted by Gasteiger charge is -2.34. The molecule has 1 aliphatic rings. The van der Waals surface area contributed by atoms with Crippen molar-refractivity contribution in [3.63, 3.8) is 0 Å². The van der Waals surface area contributed by atoms with Crippen molar-refractivity contribution in [3.05, 3.63) is 63.9 Å². The molecule has 1 fully saturated rings. The molecular weight excluding hydrogens is 426 g/mol. The van der Waals surface area contributed by atoms with E-state index in [1.807, 2.05) is 4.90 Å². The molecule has 1 aliphatic heterocycles. The summed E-state index contributed by atoms with van der Waals surface area (Å²) >= 11 is 11.9. The molecule has 0 N–H and O–H groups in total. The Bertz CT molecular complexity index is 960. The van der Waals surface area contributed by atoms with E-state index in [1.165, 1.54) is 36.4 Å². The van der Waals surface area contributed by atoms with Gasteiger partial charge in [0.05, 0.1) is 15.7 Å². The normalized spacial score (nSPS) is 15.6. The highest BCUT2D eigenvalue weighted by atomic mass is 35.5. The average molecular weight is 445 g/mol. The average Bonchev–Trinajstić information content (AvgIpc) is 2.69. The first-order chi connectivity index (χ1) is 13.3. The van der Waals surface area contributed by atoms with Gasteiger partial charge in [0, 0.05) is 43.3 Å². The molecule has 2 aromatic carbocycles. The molecule has 5 nitrogen and oxygen atoms in total. The van der Waals surface area contributed by atoms with Crippen LogP contribution in [0.5, 0.6) is 0 Å². The van der Waals surface area contributed by atoms with Crippen molar-refractivity contribution in [2.24, 2.45) is 0 Å². The van der Waals surface area contributed by atoms with Gasteiger partial charge < -0.3 is 4.90 Å². The molecular formula is C19H19Cl2FN2O3S. The SMILES string of the molecule is O=C(c1ccc(F)cc1)N1CCN(CCS(=O)(=O)c2cc(Cl)ccc2Cl)CC1. The Morgan fingerprint density at radius 1 is 1.00 bits per heavy atom. The van der Waals surface area contributed by atoms with Crippen molar-refractivity contribution in [2.45, 2.75) is 4.90 Å². The molecule has 1 saturated heterocycles. The highest BCUT2D eigenvalue weighted by Crippen LogP contribution is 2.26. The second-order valence-electron chi connectivity index (χ2n) is 6.53. The minimum Gasteiger partial charge on any atom is -0.336 e. The summed E-state index contributed by atoms with van der Waals surface area (Å²) in [6.07, 6.45) is 0. The highest BCUT2D eigenvalue weighted by Gasteiger charge is 2.25. The van der Waals surface area contributed by atoms with Crippen LogP contribution in [0.1, 0.15) is 10.4 Å². The molecule has 0 aliphatic carbocycles. The standard InChI is InChI=1S/C19H19Cl2FN2O3S/c20-15-3-6-17(21)18(13-15)28(26,27)12-11-23-7-9-24(10-8-23)19(25)14-1-4-16(22)5-2-14/h1-6,13H,7-12H2. The first-order valence-corrected chi connectivity index (χ1v) is 11.1. The molecule has 0 saturated carbocycles. The molecule has 28 heavy (non-hydrogen) atoms. The first-order valence-electron chi connectivity index (χ1n) is 8.71. The van der Waals surface area contributed by atoms with Crippen LogP contribution in [0.3, 0.4) is 0 Å². The third-order valence-electron chi connectivity index (χ3n) is 4.66. The van der Waals surface area contributed by atoms with Crippen LogP contribution in [0.2, 0.25) is 10.0 Å². The Morgan fingerprint density at radius 2 is 1.64 bits per heavy atom. The lowest BCUT2D eigenvalue weighted by atomic mass is 10.2. The molecule has 0 spiro atoms. The van der Waals surface area contributed by atoms with Crippen LogP contribution < -0.4 is 0 Å². The van der Waals surface area contributed by atoms with Gasteiger partial charge in [-0.1, -0.05) is 23.2 Å². The van der Waals surface area contributed by atoms with Gasteiger partial charge in [-0.05, 0) is 42.5 Å². The minimum absolute atomic E-state index is 0.0341. The number of carbonyl (C=O) groups is 1. The van der Waals surface area contributed by atoms with E-state index >= 15 is 0 Å². The maximum absolute atomic E-state index is 13.0. The van der Waals surface area contributed by atoms with Gasteiger partial charge in [0.2, 0.25) is 0 Å². The topological polar surface area (TPSA) is 57.7 Å². The third-order valence-corrected chi connectivity index (χ3v) is 7.06. The molecule has 1 heterocycles. The molecule has 150 valence electrons. The zero-order chi connectivity index (χ0) is 20.3. The monoisotopic (exact) mass is 444 g/mol. The van der Waals surface area contributed by atoms with Crippen LogP contribution in [-0.2, 0) is 9.84 Å². The summed E-state index contributed by atoms with van der Waals surface area (Å²) in [6.45, 7) is 2.42. The number of benzene rings is 2. The zero-order valence-corrected chi connectivity index (χ0v) is 17.3. The number of nitrogens with zero attached hydrogens (tertiary/aromatic N) is 2. The van der Waals surface area contributed by atoms with Crippen molar-refractivity contribution in [1.29, 1.82) is 0 Å². The Labute approximate surface area is 173 Å². The summed E-state index contributed by atoms with van der Waals surface area (Å²) < 4.78 is 38.1. The van der Waals surface area contributed by atoms with Crippen molar-refractivity contribution in [1.82, 2.24) is 9.80 Å². The maximum Gasteiger partial charge on any atom is 0.253 e. The van der Waals surface area contributed by atoms with E-state index in [0.717, 1.165) is 0 Å². The second kappa shape index (κ2) is 8.78. The van der Waals surface area contributed by atoms with Crippen LogP contribution in [0.4, 0.5) is 4.39 Å².